The summed E-state index contributed by atoms with van der Waals surface area (Å²) in [4.78, 5) is 0. The van der Waals surface area contributed by atoms with Crippen LogP contribution in [-0.4, -0.2) is 37.6 Å². The Balaban J connectivity index is 2.71. The molecule has 0 aliphatic carbocycles. The van der Waals surface area contributed by atoms with E-state index in [4.69, 9.17) is 5.73 Å². The molecule has 0 aromatic rings. The predicted molar refractivity (Wildman–Crippen MR) is 75.8 cm³/mol. The molecule has 0 bridgehead atoms. The Morgan fingerprint density at radius 1 is 1.33 bits per heavy atom. The fourth-order valence-electron chi connectivity index (χ4n) is 2.36. The summed E-state index contributed by atoms with van der Waals surface area (Å²) in [6, 6.07) is -0.00119. The topological polar surface area (TPSA) is 63.4 Å². The van der Waals surface area contributed by atoms with Crippen molar-refractivity contribution in [2.24, 2.45) is 17.1 Å². The van der Waals surface area contributed by atoms with E-state index >= 15 is 0 Å². The van der Waals surface area contributed by atoms with Gasteiger partial charge in [-0.05, 0) is 30.6 Å². The Hall–Kier alpha value is -0.130. The minimum atomic E-state index is -3.15. The van der Waals surface area contributed by atoms with Gasteiger partial charge in [-0.25, -0.2) is 8.42 Å². The normalized spacial score (nSPS) is 27.4. The van der Waals surface area contributed by atoms with E-state index in [2.05, 4.69) is 27.7 Å². The highest BCUT2D eigenvalue weighted by molar-refractivity contribution is 7.89. The maximum Gasteiger partial charge on any atom is 0.214 e. The molecule has 4 nitrogen and oxygen atoms in total. The van der Waals surface area contributed by atoms with Crippen LogP contribution in [0.2, 0.25) is 0 Å². The van der Waals surface area contributed by atoms with Gasteiger partial charge in [-0.2, -0.15) is 4.31 Å². The van der Waals surface area contributed by atoms with Crippen molar-refractivity contribution in [3.8, 4) is 0 Å². The van der Waals surface area contributed by atoms with Crippen molar-refractivity contribution in [3.63, 3.8) is 0 Å². The first kappa shape index (κ1) is 15.9. The first-order chi connectivity index (χ1) is 8.15. The molecule has 1 saturated heterocycles. The summed E-state index contributed by atoms with van der Waals surface area (Å²) >= 11 is 0. The van der Waals surface area contributed by atoms with Crippen molar-refractivity contribution < 1.29 is 8.42 Å². The molecule has 2 atom stereocenters. The second-order valence-electron chi connectivity index (χ2n) is 6.76. The van der Waals surface area contributed by atoms with Gasteiger partial charge in [-0.1, -0.05) is 27.7 Å². The summed E-state index contributed by atoms with van der Waals surface area (Å²) < 4.78 is 26.4. The Kier molecular flexibility index (Phi) is 5.21. The van der Waals surface area contributed by atoms with E-state index in [-0.39, 0.29) is 17.2 Å². The van der Waals surface area contributed by atoms with Crippen LogP contribution in [0.1, 0.15) is 47.0 Å². The highest BCUT2D eigenvalue weighted by atomic mass is 32.2. The number of rotatable bonds is 4. The van der Waals surface area contributed by atoms with Crippen LogP contribution < -0.4 is 5.73 Å². The Labute approximate surface area is 112 Å². The van der Waals surface area contributed by atoms with E-state index in [1.165, 1.54) is 0 Å². The van der Waals surface area contributed by atoms with Crippen molar-refractivity contribution in [1.29, 1.82) is 0 Å². The number of piperidine rings is 1. The quantitative estimate of drug-likeness (QED) is 0.852. The van der Waals surface area contributed by atoms with Gasteiger partial charge in [-0.3, -0.25) is 0 Å². The summed E-state index contributed by atoms with van der Waals surface area (Å²) in [5.74, 6) is 0.814. The highest BCUT2D eigenvalue weighted by Gasteiger charge is 2.34. The van der Waals surface area contributed by atoms with Crippen LogP contribution in [0.5, 0.6) is 0 Å². The van der Waals surface area contributed by atoms with Crippen LogP contribution in [0.3, 0.4) is 0 Å². The molecule has 0 saturated carbocycles. The van der Waals surface area contributed by atoms with Crippen LogP contribution in [0.4, 0.5) is 0 Å². The lowest BCUT2D eigenvalue weighted by molar-refractivity contribution is 0.210. The summed E-state index contributed by atoms with van der Waals surface area (Å²) in [6.45, 7) is 9.44. The zero-order valence-corrected chi connectivity index (χ0v) is 13.0. The second-order valence-corrected chi connectivity index (χ2v) is 8.80. The molecule has 1 rings (SSSR count). The monoisotopic (exact) mass is 276 g/mol. The molecule has 2 N–H and O–H groups in total. The molecule has 1 fully saturated rings. The van der Waals surface area contributed by atoms with Gasteiger partial charge in [0.25, 0.3) is 0 Å². The third kappa shape index (κ3) is 4.52. The average Bonchev–Trinajstić information content (AvgIpc) is 2.25. The summed E-state index contributed by atoms with van der Waals surface area (Å²) in [7, 11) is -3.15. The minimum absolute atomic E-state index is 0.00119. The van der Waals surface area contributed by atoms with E-state index in [0.717, 1.165) is 12.8 Å². The molecule has 0 amide bonds. The van der Waals surface area contributed by atoms with E-state index < -0.39 is 10.0 Å². The molecule has 0 aromatic carbocycles. The summed E-state index contributed by atoms with van der Waals surface area (Å²) in [5, 5.41) is 0. The lowest BCUT2D eigenvalue weighted by Gasteiger charge is -2.37. The molecule has 0 radical (unpaired) electrons. The SMILES string of the molecule is CC1CCN(S(=O)(=O)CCC(C)(C)C)C(CN)C1. The molecular weight excluding hydrogens is 248 g/mol. The first-order valence-electron chi connectivity index (χ1n) is 6.85. The van der Waals surface area contributed by atoms with Gasteiger partial charge in [0.2, 0.25) is 10.0 Å². The maximum absolute atomic E-state index is 12.4. The molecule has 1 aliphatic heterocycles. The van der Waals surface area contributed by atoms with Crippen LogP contribution in [0.15, 0.2) is 0 Å². The second kappa shape index (κ2) is 5.88. The molecular formula is C13H28N2O2S. The largest absolute Gasteiger partial charge is 0.329 e. The number of sulfonamides is 1. The number of hydrogen-bond donors (Lipinski definition) is 1. The smallest absolute Gasteiger partial charge is 0.214 e. The average molecular weight is 276 g/mol. The molecule has 18 heavy (non-hydrogen) atoms. The van der Waals surface area contributed by atoms with Crippen LogP contribution >= 0.6 is 0 Å². The zero-order chi connectivity index (χ0) is 14.0. The highest BCUT2D eigenvalue weighted by Crippen LogP contribution is 2.27. The summed E-state index contributed by atoms with van der Waals surface area (Å²) in [6.07, 6.45) is 2.54. The van der Waals surface area contributed by atoms with E-state index in [1.54, 1.807) is 4.31 Å². The van der Waals surface area contributed by atoms with Gasteiger partial charge in [0.05, 0.1) is 5.75 Å². The maximum atomic E-state index is 12.4. The number of nitrogens with two attached hydrogens (primary N) is 1. The minimum Gasteiger partial charge on any atom is -0.329 e. The number of hydrogen-bond acceptors (Lipinski definition) is 3. The Morgan fingerprint density at radius 3 is 2.44 bits per heavy atom. The van der Waals surface area contributed by atoms with Gasteiger partial charge in [0.1, 0.15) is 0 Å². The fourth-order valence-corrected chi connectivity index (χ4v) is 4.48. The molecule has 0 aromatic heterocycles. The first-order valence-corrected chi connectivity index (χ1v) is 8.46. The third-order valence-electron chi connectivity index (χ3n) is 3.66. The summed E-state index contributed by atoms with van der Waals surface area (Å²) in [5.41, 5.74) is 5.78. The molecule has 108 valence electrons. The van der Waals surface area contributed by atoms with Crippen LogP contribution in [0.25, 0.3) is 0 Å². The zero-order valence-electron chi connectivity index (χ0n) is 12.1. The molecule has 2 unspecified atom stereocenters. The standard InChI is InChI=1S/C13H28N2O2S/c1-11-5-7-15(12(9-11)10-14)18(16,17)8-6-13(2,3)4/h11-12H,5-10,14H2,1-4H3. The molecule has 0 spiro atoms. The lowest BCUT2D eigenvalue weighted by atomic mass is 9.94. The Bertz CT molecular complexity index is 360. The van der Waals surface area contributed by atoms with Gasteiger partial charge in [0, 0.05) is 19.1 Å². The third-order valence-corrected chi connectivity index (χ3v) is 5.58. The van der Waals surface area contributed by atoms with Crippen molar-refractivity contribution >= 4 is 10.0 Å². The van der Waals surface area contributed by atoms with Crippen molar-refractivity contribution in [1.82, 2.24) is 4.31 Å². The molecule has 1 heterocycles. The van der Waals surface area contributed by atoms with Crippen LogP contribution in [-0.2, 0) is 10.0 Å². The van der Waals surface area contributed by atoms with Gasteiger partial charge >= 0.3 is 0 Å². The van der Waals surface area contributed by atoms with Gasteiger partial charge in [-0.15, -0.1) is 0 Å². The van der Waals surface area contributed by atoms with Gasteiger partial charge < -0.3 is 5.73 Å². The fraction of sp³-hybridized carbons (Fsp3) is 1.00. The number of nitrogens with zero attached hydrogens (tertiary/aromatic N) is 1. The van der Waals surface area contributed by atoms with Crippen molar-refractivity contribution in [2.75, 3.05) is 18.8 Å². The van der Waals surface area contributed by atoms with Crippen LogP contribution in [0, 0.1) is 11.3 Å². The molecule has 1 aliphatic rings. The van der Waals surface area contributed by atoms with E-state index in [1.807, 2.05) is 0 Å². The van der Waals surface area contributed by atoms with Gasteiger partial charge in [0.15, 0.2) is 0 Å². The molecule has 5 heteroatoms. The lowest BCUT2D eigenvalue weighted by Crippen LogP contribution is -2.50. The van der Waals surface area contributed by atoms with Crippen molar-refractivity contribution in [2.45, 2.75) is 53.0 Å². The van der Waals surface area contributed by atoms with Crippen molar-refractivity contribution in [3.05, 3.63) is 0 Å². The Morgan fingerprint density at radius 2 is 1.94 bits per heavy atom. The van der Waals surface area contributed by atoms with E-state index in [0.29, 0.717) is 25.4 Å². The predicted octanol–water partition coefficient (Wildman–Crippen LogP) is 1.81. The van der Waals surface area contributed by atoms with E-state index in [9.17, 15) is 8.42 Å².